The molecule has 1 amide bonds. The Bertz CT molecular complexity index is 1010. The molecule has 1 aliphatic carbocycles. The van der Waals surface area contributed by atoms with Crippen molar-refractivity contribution in [3.63, 3.8) is 0 Å². The van der Waals surface area contributed by atoms with Crippen LogP contribution in [0.25, 0.3) is 0 Å². The number of allylic oxidation sites excluding steroid dienone is 2. The van der Waals surface area contributed by atoms with Gasteiger partial charge in [0.1, 0.15) is 29.0 Å². The highest BCUT2D eigenvalue weighted by Gasteiger charge is 2.38. The predicted octanol–water partition coefficient (Wildman–Crippen LogP) is 5.02. The number of fused-ring (bicyclic) bond motifs is 1. The molecule has 0 spiro atoms. The quantitative estimate of drug-likeness (QED) is 0.765. The minimum absolute atomic E-state index is 0.0569. The molecule has 1 aliphatic heterocycles. The van der Waals surface area contributed by atoms with Crippen LogP contribution in [0.2, 0.25) is 0 Å². The highest BCUT2D eigenvalue weighted by Crippen LogP contribution is 2.40. The first kappa shape index (κ1) is 17.3. The lowest BCUT2D eigenvalue weighted by molar-refractivity contribution is -0.114. The summed E-state index contributed by atoms with van der Waals surface area (Å²) in [7, 11) is 0. The van der Waals surface area contributed by atoms with E-state index >= 15 is 0 Å². The zero-order valence-corrected chi connectivity index (χ0v) is 14.0. The van der Waals surface area contributed by atoms with Crippen molar-refractivity contribution in [2.75, 3.05) is 10.2 Å². The fraction of sp³-hybridized carbons (Fsp3) is 0.150. The third-order valence-electron chi connectivity index (χ3n) is 4.58. The van der Waals surface area contributed by atoms with E-state index in [1.165, 1.54) is 12.1 Å². The van der Waals surface area contributed by atoms with Crippen LogP contribution in [0.4, 0.5) is 28.9 Å². The van der Waals surface area contributed by atoms with E-state index in [0.717, 1.165) is 23.5 Å². The topological polar surface area (TPSA) is 32.3 Å². The van der Waals surface area contributed by atoms with Gasteiger partial charge >= 0.3 is 0 Å². The van der Waals surface area contributed by atoms with Gasteiger partial charge in [0, 0.05) is 17.7 Å². The molecule has 138 valence electrons. The van der Waals surface area contributed by atoms with Crippen molar-refractivity contribution < 1.29 is 22.4 Å². The molecule has 2 aromatic carbocycles. The summed E-state index contributed by atoms with van der Waals surface area (Å²) < 4.78 is 54.7. The van der Waals surface area contributed by atoms with Gasteiger partial charge in [0.05, 0.1) is 17.1 Å². The van der Waals surface area contributed by atoms with E-state index in [1.54, 1.807) is 6.08 Å². The fourth-order valence-corrected chi connectivity index (χ4v) is 3.35. The third-order valence-corrected chi connectivity index (χ3v) is 4.58. The Kier molecular flexibility index (Phi) is 4.22. The van der Waals surface area contributed by atoms with Crippen LogP contribution in [0.3, 0.4) is 0 Å². The number of hydrogen-bond donors (Lipinski definition) is 1. The molecule has 2 aliphatic rings. The van der Waals surface area contributed by atoms with Crippen molar-refractivity contribution in [1.29, 1.82) is 0 Å². The number of hydrogen-bond acceptors (Lipinski definition) is 2. The van der Waals surface area contributed by atoms with E-state index < -0.39 is 29.2 Å². The van der Waals surface area contributed by atoms with Crippen LogP contribution >= 0.6 is 0 Å². The monoisotopic (exact) mass is 374 g/mol. The molecule has 7 heteroatoms. The van der Waals surface area contributed by atoms with E-state index in [9.17, 15) is 22.4 Å². The second kappa shape index (κ2) is 6.57. The average Bonchev–Trinajstić information content (AvgIpc) is 2.90. The lowest BCUT2D eigenvalue weighted by atomic mass is 9.98. The summed E-state index contributed by atoms with van der Waals surface area (Å²) in [5, 5.41) is 2.73. The molecule has 0 bridgehead atoms. The summed E-state index contributed by atoms with van der Waals surface area (Å²) >= 11 is 0. The van der Waals surface area contributed by atoms with Gasteiger partial charge in [-0.1, -0.05) is 6.08 Å². The average molecular weight is 374 g/mol. The SMILES string of the molecule is O=C1C(Nc2ccc(F)cc2F)=C2CCCC=C2N1c1ccc(F)cc1F. The van der Waals surface area contributed by atoms with Crippen molar-refractivity contribution >= 4 is 17.3 Å². The number of halogens is 4. The second-order valence-electron chi connectivity index (χ2n) is 6.32. The molecule has 0 saturated carbocycles. The van der Waals surface area contributed by atoms with E-state index in [2.05, 4.69) is 5.32 Å². The van der Waals surface area contributed by atoms with E-state index in [0.29, 0.717) is 36.2 Å². The summed E-state index contributed by atoms with van der Waals surface area (Å²) in [5.74, 6) is -3.78. The molecule has 0 saturated heterocycles. The highest BCUT2D eigenvalue weighted by molar-refractivity contribution is 6.15. The van der Waals surface area contributed by atoms with Gasteiger partial charge < -0.3 is 5.32 Å². The summed E-state index contributed by atoms with van der Waals surface area (Å²) in [6.45, 7) is 0. The van der Waals surface area contributed by atoms with Crippen LogP contribution in [0, 0.1) is 23.3 Å². The Morgan fingerprint density at radius 3 is 2.33 bits per heavy atom. The molecule has 3 nitrogen and oxygen atoms in total. The number of nitrogens with zero attached hydrogens (tertiary/aromatic N) is 1. The lowest BCUT2D eigenvalue weighted by Crippen LogP contribution is -2.28. The number of benzene rings is 2. The van der Waals surface area contributed by atoms with Crippen LogP contribution in [-0.4, -0.2) is 5.91 Å². The molecular weight excluding hydrogens is 360 g/mol. The molecule has 2 aromatic rings. The fourth-order valence-electron chi connectivity index (χ4n) is 3.35. The van der Waals surface area contributed by atoms with Crippen LogP contribution in [-0.2, 0) is 4.79 Å². The van der Waals surface area contributed by atoms with Crippen LogP contribution in [0.5, 0.6) is 0 Å². The molecule has 0 radical (unpaired) electrons. The van der Waals surface area contributed by atoms with Gasteiger partial charge in [0.2, 0.25) is 0 Å². The van der Waals surface area contributed by atoms with Crippen molar-refractivity contribution in [2.24, 2.45) is 0 Å². The van der Waals surface area contributed by atoms with E-state index in [1.807, 2.05) is 0 Å². The number of carbonyl (C=O) groups is 1. The van der Waals surface area contributed by atoms with Gasteiger partial charge in [-0.2, -0.15) is 0 Å². The molecule has 1 heterocycles. The number of rotatable bonds is 3. The largest absolute Gasteiger partial charge is 0.348 e. The Labute approximate surface area is 152 Å². The number of amides is 1. The van der Waals surface area contributed by atoms with Crippen molar-refractivity contribution in [1.82, 2.24) is 0 Å². The van der Waals surface area contributed by atoms with Gasteiger partial charge in [0.15, 0.2) is 0 Å². The molecule has 0 atom stereocenters. The molecule has 1 N–H and O–H groups in total. The van der Waals surface area contributed by atoms with Gasteiger partial charge in [-0.15, -0.1) is 0 Å². The summed E-state index contributed by atoms with van der Waals surface area (Å²) in [5.41, 5.74) is 1.10. The van der Waals surface area contributed by atoms with Crippen molar-refractivity contribution in [3.8, 4) is 0 Å². The molecule has 0 fully saturated rings. The van der Waals surface area contributed by atoms with Crippen molar-refractivity contribution in [3.05, 3.63) is 82.7 Å². The van der Waals surface area contributed by atoms with E-state index in [4.69, 9.17) is 0 Å². The maximum Gasteiger partial charge on any atom is 0.279 e. The van der Waals surface area contributed by atoms with Gasteiger partial charge in [-0.3, -0.25) is 9.69 Å². The van der Waals surface area contributed by atoms with Crippen LogP contribution in [0.1, 0.15) is 19.3 Å². The number of nitrogens with one attached hydrogen (secondary N) is 1. The maximum absolute atomic E-state index is 14.3. The first-order valence-corrected chi connectivity index (χ1v) is 8.41. The van der Waals surface area contributed by atoms with Gasteiger partial charge in [0.25, 0.3) is 5.91 Å². The lowest BCUT2D eigenvalue weighted by Gasteiger charge is -2.22. The van der Waals surface area contributed by atoms with E-state index in [-0.39, 0.29) is 17.1 Å². The zero-order chi connectivity index (χ0) is 19.1. The predicted molar refractivity (Wildman–Crippen MR) is 92.8 cm³/mol. The van der Waals surface area contributed by atoms with Crippen LogP contribution < -0.4 is 10.2 Å². The maximum atomic E-state index is 14.3. The first-order valence-electron chi connectivity index (χ1n) is 8.41. The van der Waals surface area contributed by atoms with Crippen molar-refractivity contribution in [2.45, 2.75) is 19.3 Å². The van der Waals surface area contributed by atoms with Crippen LogP contribution in [0.15, 0.2) is 59.4 Å². The molecular formula is C20H14F4N2O. The summed E-state index contributed by atoms with van der Waals surface area (Å²) in [6, 6.07) is 5.94. The highest BCUT2D eigenvalue weighted by atomic mass is 19.1. The molecule has 27 heavy (non-hydrogen) atoms. The second-order valence-corrected chi connectivity index (χ2v) is 6.32. The smallest absolute Gasteiger partial charge is 0.279 e. The minimum atomic E-state index is -0.872. The first-order chi connectivity index (χ1) is 13.0. The standard InChI is InChI=1S/C20H14F4N2O/c21-11-5-7-16(14(23)9-11)25-19-13-3-1-2-4-17(13)26(20(19)27)18-8-6-12(22)10-15(18)24/h4-10,25H,1-3H2. The number of carbonyl (C=O) groups excluding carboxylic acids is 1. The Hall–Kier alpha value is -3.09. The Morgan fingerprint density at radius 1 is 0.926 bits per heavy atom. The van der Waals surface area contributed by atoms with Gasteiger partial charge in [-0.05, 0) is 43.5 Å². The van der Waals surface area contributed by atoms with Gasteiger partial charge in [-0.25, -0.2) is 17.6 Å². The number of anilines is 2. The molecule has 0 unspecified atom stereocenters. The summed E-state index contributed by atoms with van der Waals surface area (Å²) in [4.78, 5) is 14.2. The molecule has 4 rings (SSSR count). The molecule has 0 aromatic heterocycles. The Balaban J connectivity index is 1.77. The summed E-state index contributed by atoms with van der Waals surface area (Å²) in [6.07, 6.45) is 3.82. The minimum Gasteiger partial charge on any atom is -0.348 e. The third kappa shape index (κ3) is 2.99. The zero-order valence-electron chi connectivity index (χ0n) is 14.0. The Morgan fingerprint density at radius 2 is 1.63 bits per heavy atom. The normalized spacial score (nSPS) is 16.5.